The third-order valence-corrected chi connectivity index (χ3v) is 2.74. The van der Waals surface area contributed by atoms with Gasteiger partial charge in [0.15, 0.2) is 5.82 Å². The number of imide groups is 1. The second-order valence-electron chi connectivity index (χ2n) is 3.87. The van der Waals surface area contributed by atoms with Crippen molar-refractivity contribution in [1.29, 1.82) is 0 Å². The number of hydrogen-bond donors (Lipinski definition) is 2. The average Bonchev–Trinajstić information content (AvgIpc) is 2.88. The number of nitrogens with zero attached hydrogens (tertiary/aromatic N) is 2. The van der Waals surface area contributed by atoms with Crippen LogP contribution in [0.5, 0.6) is 0 Å². The van der Waals surface area contributed by atoms with Crippen LogP contribution in [-0.2, 0) is 6.54 Å². The summed E-state index contributed by atoms with van der Waals surface area (Å²) >= 11 is 0. The van der Waals surface area contributed by atoms with Crippen LogP contribution in [0, 0.1) is 0 Å². The van der Waals surface area contributed by atoms with Gasteiger partial charge in [-0.15, -0.1) is 0 Å². The minimum atomic E-state index is -0.471. The van der Waals surface area contributed by atoms with E-state index in [2.05, 4.69) is 15.2 Å². The monoisotopic (exact) mass is 244 g/mol. The lowest BCUT2D eigenvalue weighted by Gasteiger charge is -2.10. The molecule has 3 rings (SSSR count). The predicted octanol–water partition coefficient (Wildman–Crippen LogP) is -0.106. The van der Waals surface area contributed by atoms with Crippen LogP contribution in [0.3, 0.4) is 0 Å². The molecule has 1 aliphatic rings. The molecule has 2 heterocycles. The summed E-state index contributed by atoms with van der Waals surface area (Å²) in [7, 11) is 0. The third-order valence-electron chi connectivity index (χ3n) is 2.74. The Morgan fingerprint density at radius 3 is 2.17 bits per heavy atom. The summed E-state index contributed by atoms with van der Waals surface area (Å²) in [6, 6.07) is 6.60. The van der Waals surface area contributed by atoms with E-state index in [0.29, 0.717) is 11.1 Å². The molecule has 1 aromatic carbocycles. The largest absolute Gasteiger partial charge is 0.340 e. The van der Waals surface area contributed by atoms with E-state index >= 15 is 0 Å². The topological polar surface area (TPSA) is 98.9 Å². The Hall–Kier alpha value is -2.70. The number of rotatable bonds is 2. The molecule has 2 amide bonds. The van der Waals surface area contributed by atoms with Gasteiger partial charge in [0, 0.05) is 0 Å². The number of hydrogen-bond acceptors (Lipinski definition) is 4. The van der Waals surface area contributed by atoms with Crippen molar-refractivity contribution in [2.75, 3.05) is 0 Å². The molecule has 7 nitrogen and oxygen atoms in total. The van der Waals surface area contributed by atoms with E-state index in [0.717, 1.165) is 4.90 Å². The second kappa shape index (κ2) is 3.66. The first kappa shape index (κ1) is 10.5. The number of benzene rings is 1. The Morgan fingerprint density at radius 1 is 1.06 bits per heavy atom. The fourth-order valence-corrected chi connectivity index (χ4v) is 1.91. The summed E-state index contributed by atoms with van der Waals surface area (Å²) < 4.78 is 0. The highest BCUT2D eigenvalue weighted by molar-refractivity contribution is 6.21. The van der Waals surface area contributed by atoms with Crippen LogP contribution in [-0.4, -0.2) is 31.9 Å². The van der Waals surface area contributed by atoms with Crippen LogP contribution >= 0.6 is 0 Å². The first-order valence-electron chi connectivity index (χ1n) is 5.25. The maximum atomic E-state index is 12.0. The number of carbonyl (C=O) groups is 2. The zero-order valence-corrected chi connectivity index (χ0v) is 9.14. The van der Waals surface area contributed by atoms with Gasteiger partial charge in [-0.3, -0.25) is 19.5 Å². The van der Waals surface area contributed by atoms with Crippen LogP contribution in [0.15, 0.2) is 29.1 Å². The Morgan fingerprint density at radius 2 is 1.67 bits per heavy atom. The van der Waals surface area contributed by atoms with Crippen molar-refractivity contribution in [3.8, 4) is 0 Å². The number of carbonyl (C=O) groups excluding carboxylic acids is 2. The Balaban J connectivity index is 1.95. The third kappa shape index (κ3) is 1.45. The van der Waals surface area contributed by atoms with Gasteiger partial charge in [0.2, 0.25) is 0 Å². The van der Waals surface area contributed by atoms with E-state index in [4.69, 9.17) is 0 Å². The Kier molecular flexibility index (Phi) is 2.12. The zero-order chi connectivity index (χ0) is 12.7. The number of nitrogens with one attached hydrogen (secondary N) is 2. The lowest BCUT2D eigenvalue weighted by atomic mass is 10.1. The lowest BCUT2D eigenvalue weighted by Crippen LogP contribution is -2.29. The number of aromatic amines is 2. The number of aromatic nitrogens is 3. The van der Waals surface area contributed by atoms with Gasteiger partial charge in [-0.25, -0.2) is 9.89 Å². The van der Waals surface area contributed by atoms with Crippen molar-refractivity contribution in [1.82, 2.24) is 20.1 Å². The highest BCUT2D eigenvalue weighted by Crippen LogP contribution is 2.23. The summed E-state index contributed by atoms with van der Waals surface area (Å²) in [6.07, 6.45) is 0. The summed E-state index contributed by atoms with van der Waals surface area (Å²) in [4.78, 5) is 38.3. The number of amides is 2. The van der Waals surface area contributed by atoms with Crippen molar-refractivity contribution >= 4 is 11.8 Å². The van der Waals surface area contributed by atoms with Crippen molar-refractivity contribution < 1.29 is 9.59 Å². The fraction of sp³-hybridized carbons (Fsp3) is 0.0909. The first-order chi connectivity index (χ1) is 8.66. The number of fused-ring (bicyclic) bond motifs is 1. The predicted molar refractivity (Wildman–Crippen MR) is 59.9 cm³/mol. The van der Waals surface area contributed by atoms with Crippen LogP contribution in [0.1, 0.15) is 26.5 Å². The minimum Gasteiger partial charge on any atom is -0.291 e. The molecule has 0 atom stereocenters. The van der Waals surface area contributed by atoms with E-state index in [-0.39, 0.29) is 24.2 Å². The Labute approximate surface area is 100 Å². The first-order valence-corrected chi connectivity index (χ1v) is 5.25. The zero-order valence-electron chi connectivity index (χ0n) is 9.14. The molecule has 0 radical (unpaired) electrons. The van der Waals surface area contributed by atoms with Gasteiger partial charge < -0.3 is 0 Å². The van der Waals surface area contributed by atoms with Crippen molar-refractivity contribution in [2.45, 2.75) is 6.54 Å². The van der Waals surface area contributed by atoms with E-state index in [1.807, 2.05) is 0 Å². The maximum absolute atomic E-state index is 12.0. The van der Waals surface area contributed by atoms with Crippen LogP contribution < -0.4 is 5.69 Å². The average molecular weight is 244 g/mol. The van der Waals surface area contributed by atoms with Gasteiger partial charge in [-0.05, 0) is 12.1 Å². The molecule has 0 saturated heterocycles. The van der Waals surface area contributed by atoms with Crippen LogP contribution in [0.2, 0.25) is 0 Å². The van der Waals surface area contributed by atoms with E-state index in [1.165, 1.54) is 0 Å². The molecule has 2 N–H and O–H groups in total. The van der Waals surface area contributed by atoms with Crippen molar-refractivity contribution in [3.05, 3.63) is 51.7 Å². The highest BCUT2D eigenvalue weighted by atomic mass is 16.2. The SMILES string of the molecule is O=C1c2ccccc2C(=O)N1Cc1n[nH]c(=O)[nH]1. The summed E-state index contributed by atoms with van der Waals surface area (Å²) in [5.74, 6) is -0.506. The molecular formula is C11H8N4O3. The number of H-pyrrole nitrogens is 2. The highest BCUT2D eigenvalue weighted by Gasteiger charge is 2.35. The van der Waals surface area contributed by atoms with Crippen LogP contribution in [0.4, 0.5) is 0 Å². The molecule has 90 valence electrons. The van der Waals surface area contributed by atoms with Crippen LogP contribution in [0.25, 0.3) is 0 Å². The second-order valence-corrected chi connectivity index (χ2v) is 3.87. The quantitative estimate of drug-likeness (QED) is 0.720. The van der Waals surface area contributed by atoms with Gasteiger partial charge in [0.05, 0.1) is 17.7 Å². The molecular weight excluding hydrogens is 236 g/mol. The van der Waals surface area contributed by atoms with E-state index in [9.17, 15) is 14.4 Å². The smallest absolute Gasteiger partial charge is 0.291 e. The molecule has 0 fully saturated rings. The molecule has 0 spiro atoms. The fourth-order valence-electron chi connectivity index (χ4n) is 1.91. The summed E-state index contributed by atoms with van der Waals surface area (Å²) in [6.45, 7) is -0.0505. The minimum absolute atomic E-state index is 0.0505. The van der Waals surface area contributed by atoms with Crippen molar-refractivity contribution in [3.63, 3.8) is 0 Å². The molecule has 0 bridgehead atoms. The molecule has 18 heavy (non-hydrogen) atoms. The molecule has 0 unspecified atom stereocenters. The lowest BCUT2D eigenvalue weighted by molar-refractivity contribution is 0.0638. The van der Waals surface area contributed by atoms with E-state index < -0.39 is 5.69 Å². The molecule has 7 heteroatoms. The molecule has 1 aliphatic heterocycles. The standard InChI is InChI=1S/C11H8N4O3/c16-9-6-3-1-2-4-7(6)10(17)15(9)5-8-12-11(18)14-13-8/h1-4H,5H2,(H2,12,13,14,18). The van der Waals surface area contributed by atoms with Gasteiger partial charge >= 0.3 is 5.69 Å². The molecule has 0 aliphatic carbocycles. The van der Waals surface area contributed by atoms with Gasteiger partial charge in [0.1, 0.15) is 0 Å². The van der Waals surface area contributed by atoms with Gasteiger partial charge in [-0.2, -0.15) is 5.10 Å². The maximum Gasteiger partial charge on any atom is 0.340 e. The summed E-state index contributed by atoms with van der Waals surface area (Å²) in [5.41, 5.74) is 0.280. The molecule has 2 aromatic rings. The molecule has 0 saturated carbocycles. The van der Waals surface area contributed by atoms with Gasteiger partial charge in [0.25, 0.3) is 11.8 Å². The van der Waals surface area contributed by atoms with E-state index in [1.54, 1.807) is 24.3 Å². The summed E-state index contributed by atoms with van der Waals surface area (Å²) in [5, 5.41) is 5.85. The Bertz CT molecular complexity index is 665. The molecule has 1 aromatic heterocycles. The van der Waals surface area contributed by atoms with Gasteiger partial charge in [-0.1, -0.05) is 12.1 Å². The van der Waals surface area contributed by atoms with Crippen molar-refractivity contribution in [2.24, 2.45) is 0 Å². The normalized spacial score (nSPS) is 14.1.